The van der Waals surface area contributed by atoms with E-state index in [2.05, 4.69) is 0 Å². The van der Waals surface area contributed by atoms with Crippen LogP contribution in [0, 0.1) is 0 Å². The molecular weight excluding hydrogens is 316 g/mol. The summed E-state index contributed by atoms with van der Waals surface area (Å²) in [6.45, 7) is 1.94. The largest absolute Gasteiger partial charge is 0.504 e. The lowest BCUT2D eigenvalue weighted by atomic mass is 9.80. The van der Waals surface area contributed by atoms with Crippen molar-refractivity contribution in [3.63, 3.8) is 0 Å². The Morgan fingerprint density at radius 3 is 2.38 bits per heavy atom. The van der Waals surface area contributed by atoms with Crippen LogP contribution in [0.4, 0.5) is 0 Å². The molecule has 5 N–H and O–H groups in total. The first kappa shape index (κ1) is 15.9. The van der Waals surface area contributed by atoms with Crippen molar-refractivity contribution in [2.24, 2.45) is 0 Å². The lowest BCUT2D eigenvalue weighted by Crippen LogP contribution is -2.43. The Morgan fingerprint density at radius 2 is 1.67 bits per heavy atom. The van der Waals surface area contributed by atoms with Crippen LogP contribution in [0.2, 0.25) is 0 Å². The molecule has 0 amide bonds. The summed E-state index contributed by atoms with van der Waals surface area (Å²) in [5.41, 5.74) is 0.700. The summed E-state index contributed by atoms with van der Waals surface area (Å²) >= 11 is 0. The van der Waals surface area contributed by atoms with Crippen molar-refractivity contribution in [2.45, 2.75) is 17.9 Å². The number of phenols is 4. The van der Waals surface area contributed by atoms with Crippen LogP contribution in [0.5, 0.6) is 28.7 Å². The molecule has 0 saturated heterocycles. The number of aliphatic hydroxyl groups is 1. The fourth-order valence-corrected chi connectivity index (χ4v) is 3.52. The Balaban J connectivity index is 0.000000815. The molecule has 2 aromatic carbocycles. The van der Waals surface area contributed by atoms with Gasteiger partial charge < -0.3 is 35.1 Å². The van der Waals surface area contributed by atoms with Gasteiger partial charge in [-0.2, -0.15) is 0 Å². The van der Waals surface area contributed by atoms with Crippen molar-refractivity contribution in [1.82, 2.24) is 0 Å². The maximum atomic E-state index is 10.9. The summed E-state index contributed by atoms with van der Waals surface area (Å²) in [6, 6.07) is 5.77. The van der Waals surface area contributed by atoms with Crippen molar-refractivity contribution in [3.8, 4) is 28.7 Å². The molecule has 24 heavy (non-hydrogen) atoms. The highest BCUT2D eigenvalue weighted by molar-refractivity contribution is 5.63. The van der Waals surface area contributed by atoms with E-state index in [1.807, 2.05) is 6.79 Å². The zero-order valence-corrected chi connectivity index (χ0v) is 12.6. The van der Waals surface area contributed by atoms with Gasteiger partial charge in [-0.1, -0.05) is 6.07 Å². The molecule has 4 rings (SSSR count). The normalized spacial score (nSPS) is 23.1. The van der Waals surface area contributed by atoms with Crippen LogP contribution in [-0.2, 0) is 11.2 Å². The van der Waals surface area contributed by atoms with E-state index < -0.39 is 11.5 Å². The molecule has 126 valence electrons. The molecule has 0 aromatic heterocycles. The third-order valence-corrected chi connectivity index (χ3v) is 4.50. The minimum absolute atomic E-state index is 0.0577. The topological polar surface area (TPSA) is 127 Å². The number of rotatable bonds is 0. The Bertz CT molecular complexity index is 817. The van der Waals surface area contributed by atoms with E-state index in [0.717, 1.165) is 0 Å². The predicted octanol–water partition coefficient (Wildman–Crippen LogP) is 1.14. The highest BCUT2D eigenvalue weighted by Gasteiger charge is 2.51. The third-order valence-electron chi connectivity index (χ3n) is 4.50. The van der Waals surface area contributed by atoms with Gasteiger partial charge in [-0.3, -0.25) is 0 Å². The van der Waals surface area contributed by atoms with E-state index in [9.17, 15) is 25.5 Å². The lowest BCUT2D eigenvalue weighted by Gasteiger charge is -2.36. The summed E-state index contributed by atoms with van der Waals surface area (Å²) in [5, 5.41) is 49.8. The molecule has 0 bridgehead atoms. The number of aromatic hydroxyl groups is 4. The predicted molar refractivity (Wildman–Crippen MR) is 82.7 cm³/mol. The second kappa shape index (κ2) is 5.31. The van der Waals surface area contributed by atoms with Gasteiger partial charge in [0.2, 0.25) is 5.75 Å². The standard InChI is InChI=1S/C16H14O6.CH2O/c17-10-2-1-8-13-9-4-12(19)11(18)3-7(9)5-16(13,21)6-22-15(8)14(10)20;1-2/h1-4,13,17-21H,5-6H2;1H2/t13-,16+;/m1./s1. The van der Waals surface area contributed by atoms with Crippen molar-refractivity contribution >= 4 is 6.79 Å². The average molecular weight is 332 g/mol. The van der Waals surface area contributed by atoms with Crippen LogP contribution >= 0.6 is 0 Å². The minimum Gasteiger partial charge on any atom is -0.504 e. The number of carbonyl (C=O) groups is 1. The Morgan fingerprint density at radius 1 is 1.00 bits per heavy atom. The summed E-state index contributed by atoms with van der Waals surface area (Å²) < 4.78 is 5.46. The molecule has 7 heteroatoms. The fraction of sp³-hybridized carbons (Fsp3) is 0.235. The summed E-state index contributed by atoms with van der Waals surface area (Å²) in [4.78, 5) is 8.00. The van der Waals surface area contributed by atoms with Gasteiger partial charge >= 0.3 is 0 Å². The van der Waals surface area contributed by atoms with Crippen LogP contribution in [0.15, 0.2) is 24.3 Å². The van der Waals surface area contributed by atoms with Gasteiger partial charge in [0.15, 0.2) is 23.0 Å². The number of phenolic OH excluding ortho intramolecular Hbond substituents is 4. The Hall–Kier alpha value is -2.93. The van der Waals surface area contributed by atoms with Crippen molar-refractivity contribution in [3.05, 3.63) is 41.0 Å². The van der Waals surface area contributed by atoms with E-state index in [-0.39, 0.29) is 41.8 Å². The Kier molecular flexibility index (Phi) is 3.53. The Labute approximate surface area is 137 Å². The molecule has 2 aliphatic rings. The highest BCUT2D eigenvalue weighted by atomic mass is 16.5. The second-order valence-electron chi connectivity index (χ2n) is 5.89. The van der Waals surface area contributed by atoms with Gasteiger partial charge in [0, 0.05) is 17.9 Å². The van der Waals surface area contributed by atoms with Gasteiger partial charge in [-0.05, 0) is 29.3 Å². The first-order chi connectivity index (χ1) is 11.4. The molecule has 7 nitrogen and oxygen atoms in total. The zero-order chi connectivity index (χ0) is 17.6. The fourth-order valence-electron chi connectivity index (χ4n) is 3.52. The van der Waals surface area contributed by atoms with E-state index in [0.29, 0.717) is 16.7 Å². The smallest absolute Gasteiger partial charge is 0.200 e. The van der Waals surface area contributed by atoms with Crippen LogP contribution in [-0.4, -0.2) is 44.5 Å². The van der Waals surface area contributed by atoms with Crippen molar-refractivity contribution in [2.75, 3.05) is 6.61 Å². The number of hydrogen-bond acceptors (Lipinski definition) is 7. The van der Waals surface area contributed by atoms with Crippen LogP contribution < -0.4 is 4.74 Å². The monoisotopic (exact) mass is 332 g/mol. The summed E-state index contributed by atoms with van der Waals surface area (Å²) in [5.74, 6) is -1.54. The molecular formula is C17H16O7. The van der Waals surface area contributed by atoms with E-state index in [4.69, 9.17) is 9.53 Å². The van der Waals surface area contributed by atoms with E-state index in [1.165, 1.54) is 18.2 Å². The number of fused-ring (bicyclic) bond motifs is 5. The second-order valence-corrected chi connectivity index (χ2v) is 5.89. The van der Waals surface area contributed by atoms with Gasteiger partial charge in [0.05, 0.1) is 0 Å². The highest BCUT2D eigenvalue weighted by Crippen LogP contribution is 2.55. The maximum Gasteiger partial charge on any atom is 0.200 e. The van der Waals surface area contributed by atoms with Crippen molar-refractivity contribution < 1.29 is 35.1 Å². The number of hydrogen-bond donors (Lipinski definition) is 5. The van der Waals surface area contributed by atoms with Crippen molar-refractivity contribution in [1.29, 1.82) is 0 Å². The van der Waals surface area contributed by atoms with Gasteiger partial charge in [0.1, 0.15) is 19.0 Å². The van der Waals surface area contributed by atoms with E-state index in [1.54, 1.807) is 6.07 Å². The zero-order valence-electron chi connectivity index (χ0n) is 12.6. The minimum atomic E-state index is -1.22. The summed E-state index contributed by atoms with van der Waals surface area (Å²) in [6.07, 6.45) is 0.266. The van der Waals surface area contributed by atoms with Gasteiger partial charge in [-0.15, -0.1) is 0 Å². The lowest BCUT2D eigenvalue weighted by molar-refractivity contribution is -0.0980. The molecule has 0 spiro atoms. The summed E-state index contributed by atoms with van der Waals surface area (Å²) in [7, 11) is 0. The number of carbonyl (C=O) groups excluding carboxylic acids is 1. The van der Waals surface area contributed by atoms with Gasteiger partial charge in [-0.25, -0.2) is 0 Å². The van der Waals surface area contributed by atoms with E-state index >= 15 is 0 Å². The quantitative estimate of drug-likeness (QED) is 0.458. The van der Waals surface area contributed by atoms with Crippen LogP contribution in [0.25, 0.3) is 0 Å². The molecule has 0 fully saturated rings. The van der Waals surface area contributed by atoms with Crippen LogP contribution in [0.3, 0.4) is 0 Å². The average Bonchev–Trinajstić information content (AvgIpc) is 2.85. The molecule has 0 saturated carbocycles. The molecule has 1 heterocycles. The van der Waals surface area contributed by atoms with Crippen LogP contribution in [0.1, 0.15) is 22.6 Å². The number of benzene rings is 2. The molecule has 1 aliphatic heterocycles. The SMILES string of the molecule is C=O.Oc1cc2c(cc1O)[C@H]1c3ccc(O)c(O)c3OC[C@@]1(O)C2. The first-order valence-corrected chi connectivity index (χ1v) is 7.14. The molecule has 2 aromatic rings. The maximum absolute atomic E-state index is 10.9. The molecule has 0 unspecified atom stereocenters. The van der Waals surface area contributed by atoms with Gasteiger partial charge in [0.25, 0.3) is 0 Å². The molecule has 1 aliphatic carbocycles. The number of ether oxygens (including phenoxy) is 1. The third kappa shape index (κ3) is 2.05. The molecule has 0 radical (unpaired) electrons. The molecule has 2 atom stereocenters. The first-order valence-electron chi connectivity index (χ1n) is 7.14.